The van der Waals surface area contributed by atoms with Crippen molar-refractivity contribution in [1.82, 2.24) is 20.4 Å². The van der Waals surface area contributed by atoms with Crippen molar-refractivity contribution in [3.63, 3.8) is 0 Å². The summed E-state index contributed by atoms with van der Waals surface area (Å²) in [5.74, 6) is -0.884. The molecule has 2 aromatic rings. The summed E-state index contributed by atoms with van der Waals surface area (Å²) >= 11 is 0. The number of carbonyl (C=O) groups excluding carboxylic acids is 3. The van der Waals surface area contributed by atoms with E-state index in [0.717, 1.165) is 0 Å². The van der Waals surface area contributed by atoms with Gasteiger partial charge >= 0.3 is 12.0 Å². The Bertz CT molecular complexity index is 1030. The van der Waals surface area contributed by atoms with Gasteiger partial charge in [-0.15, -0.1) is 0 Å². The van der Waals surface area contributed by atoms with Crippen molar-refractivity contribution in [2.75, 3.05) is 39.8 Å². The van der Waals surface area contributed by atoms with Crippen LogP contribution >= 0.6 is 0 Å². The number of benzene rings is 1. The molecule has 0 saturated carbocycles. The quantitative estimate of drug-likeness (QED) is 0.683. The number of nitrogens with zero attached hydrogens (tertiary/aromatic N) is 2. The summed E-state index contributed by atoms with van der Waals surface area (Å²) in [5, 5.41) is 5.42. The van der Waals surface area contributed by atoms with Crippen molar-refractivity contribution < 1.29 is 27.9 Å². The van der Waals surface area contributed by atoms with Crippen LogP contribution in [-0.2, 0) is 9.53 Å². The lowest BCUT2D eigenvalue weighted by molar-refractivity contribution is -0.136. The summed E-state index contributed by atoms with van der Waals surface area (Å²) in [7, 11) is 1.27. The zero-order valence-electron chi connectivity index (χ0n) is 17.5. The second-order valence-electron chi connectivity index (χ2n) is 7.51. The predicted molar refractivity (Wildman–Crippen MR) is 111 cm³/mol. The highest BCUT2D eigenvalue weighted by Gasteiger charge is 2.34. The summed E-state index contributed by atoms with van der Waals surface area (Å²) in [5.41, 5.74) is 1.24. The maximum Gasteiger partial charge on any atom is 0.338 e. The number of furan rings is 1. The number of amides is 3. The fourth-order valence-electron chi connectivity index (χ4n) is 3.89. The number of ether oxygens (including phenoxy) is 1. The van der Waals surface area contributed by atoms with Crippen LogP contribution in [0.4, 0.5) is 9.18 Å². The van der Waals surface area contributed by atoms with Crippen LogP contribution in [0.3, 0.4) is 0 Å². The van der Waals surface area contributed by atoms with E-state index < -0.39 is 23.9 Å². The average molecular weight is 442 g/mol. The van der Waals surface area contributed by atoms with Gasteiger partial charge in [-0.25, -0.2) is 14.0 Å². The Morgan fingerprint density at radius 2 is 1.88 bits per heavy atom. The fourth-order valence-corrected chi connectivity index (χ4v) is 3.89. The van der Waals surface area contributed by atoms with E-state index in [1.807, 2.05) is 4.90 Å². The number of esters is 1. The van der Waals surface area contributed by atoms with Crippen molar-refractivity contribution in [1.29, 1.82) is 0 Å². The van der Waals surface area contributed by atoms with Gasteiger partial charge in [0.15, 0.2) is 5.76 Å². The van der Waals surface area contributed by atoms with Crippen molar-refractivity contribution in [2.24, 2.45) is 0 Å². The minimum atomic E-state index is -0.770. The lowest BCUT2D eigenvalue weighted by atomic mass is 9.95. The molecule has 3 heterocycles. The molecule has 32 heavy (non-hydrogen) atoms. The molecular formula is C22H23FN4O5. The topological polar surface area (TPSA) is 104 Å². The van der Waals surface area contributed by atoms with Crippen LogP contribution in [0.25, 0.3) is 0 Å². The first-order valence-electron chi connectivity index (χ1n) is 10.2. The first-order valence-corrected chi connectivity index (χ1v) is 10.2. The summed E-state index contributed by atoms with van der Waals surface area (Å²) in [4.78, 5) is 41.1. The average Bonchev–Trinajstić information content (AvgIpc) is 3.34. The summed E-state index contributed by atoms with van der Waals surface area (Å²) in [6, 6.07) is 7.64. The molecule has 0 radical (unpaired) electrons. The monoisotopic (exact) mass is 442 g/mol. The van der Waals surface area contributed by atoms with Crippen LogP contribution in [0.2, 0.25) is 0 Å². The lowest BCUT2D eigenvalue weighted by Crippen LogP contribution is -2.52. The minimum absolute atomic E-state index is 0.171. The molecular weight excluding hydrogens is 419 g/mol. The van der Waals surface area contributed by atoms with Crippen LogP contribution < -0.4 is 10.6 Å². The molecule has 2 N–H and O–H groups in total. The van der Waals surface area contributed by atoms with Gasteiger partial charge in [0, 0.05) is 38.4 Å². The second-order valence-corrected chi connectivity index (χ2v) is 7.51. The third-order valence-electron chi connectivity index (χ3n) is 5.54. The van der Waals surface area contributed by atoms with Crippen LogP contribution in [0.1, 0.15) is 22.2 Å². The van der Waals surface area contributed by atoms with Crippen molar-refractivity contribution >= 4 is 17.9 Å². The third-order valence-corrected chi connectivity index (χ3v) is 5.54. The number of methoxy groups -OCH3 is 1. The van der Waals surface area contributed by atoms with Crippen molar-refractivity contribution in [2.45, 2.75) is 6.04 Å². The highest BCUT2D eigenvalue weighted by atomic mass is 19.1. The Kier molecular flexibility index (Phi) is 6.22. The first-order chi connectivity index (χ1) is 15.5. The van der Waals surface area contributed by atoms with Gasteiger partial charge in [0.25, 0.3) is 5.91 Å². The van der Waals surface area contributed by atoms with Crippen LogP contribution in [0.5, 0.6) is 0 Å². The van der Waals surface area contributed by atoms with Crippen LogP contribution in [0, 0.1) is 5.82 Å². The summed E-state index contributed by atoms with van der Waals surface area (Å²) < 4.78 is 23.5. The number of hydrogen-bond donors (Lipinski definition) is 2. The highest BCUT2D eigenvalue weighted by molar-refractivity contribution is 5.95. The van der Waals surface area contributed by atoms with Gasteiger partial charge in [-0.3, -0.25) is 9.69 Å². The molecule has 1 saturated heterocycles. The Labute approximate surface area is 183 Å². The molecule has 1 aromatic carbocycles. The second kappa shape index (κ2) is 9.23. The molecule has 2 aliphatic heterocycles. The van der Waals surface area contributed by atoms with E-state index in [1.54, 1.807) is 17.0 Å². The molecule has 1 unspecified atom stereocenters. The maximum absolute atomic E-state index is 13.4. The highest BCUT2D eigenvalue weighted by Crippen LogP contribution is 2.28. The van der Waals surface area contributed by atoms with E-state index in [2.05, 4.69) is 10.6 Å². The van der Waals surface area contributed by atoms with Crippen LogP contribution in [-0.4, -0.2) is 67.5 Å². The number of nitrogens with one attached hydrogen (secondary N) is 2. The molecule has 0 spiro atoms. The molecule has 9 nitrogen and oxygen atoms in total. The number of carbonyl (C=O) groups is 3. The van der Waals surface area contributed by atoms with Crippen LogP contribution in [0.15, 0.2) is 58.3 Å². The van der Waals surface area contributed by atoms with Gasteiger partial charge in [0.1, 0.15) is 5.82 Å². The molecule has 1 atom stereocenters. The number of hydrogen-bond acceptors (Lipinski definition) is 6. The molecule has 1 fully saturated rings. The van der Waals surface area contributed by atoms with E-state index in [1.165, 1.54) is 37.6 Å². The van der Waals surface area contributed by atoms with Gasteiger partial charge < -0.3 is 24.7 Å². The van der Waals surface area contributed by atoms with Crippen molar-refractivity contribution in [3.05, 3.63) is 71.1 Å². The first kappa shape index (κ1) is 21.6. The Morgan fingerprint density at radius 3 is 2.50 bits per heavy atom. The SMILES string of the molecule is COC(=O)C1=C(CN2CCN(C(=O)c3ccco3)CC2)NC(=O)NC1c1ccc(F)cc1. The molecule has 10 heteroatoms. The van der Waals surface area contributed by atoms with Gasteiger partial charge in [-0.2, -0.15) is 0 Å². The maximum atomic E-state index is 13.4. The smallest absolute Gasteiger partial charge is 0.338 e. The minimum Gasteiger partial charge on any atom is -0.466 e. The van der Waals surface area contributed by atoms with Gasteiger partial charge in [0.2, 0.25) is 0 Å². The number of piperazine rings is 1. The summed E-state index contributed by atoms with van der Waals surface area (Å²) in [6.45, 7) is 2.35. The van der Waals surface area contributed by atoms with E-state index >= 15 is 0 Å². The lowest BCUT2D eigenvalue weighted by Gasteiger charge is -2.36. The number of urea groups is 1. The van der Waals surface area contributed by atoms with E-state index in [4.69, 9.17) is 9.15 Å². The van der Waals surface area contributed by atoms with Crippen molar-refractivity contribution in [3.8, 4) is 0 Å². The van der Waals surface area contributed by atoms with E-state index in [0.29, 0.717) is 49.7 Å². The Balaban J connectivity index is 1.52. The third kappa shape index (κ3) is 4.50. The van der Waals surface area contributed by atoms with E-state index in [-0.39, 0.29) is 11.5 Å². The molecule has 2 aliphatic rings. The van der Waals surface area contributed by atoms with Gasteiger partial charge in [-0.05, 0) is 29.8 Å². The molecule has 4 rings (SSSR count). The molecule has 3 amide bonds. The number of halogens is 1. The standard InChI is InChI=1S/C22H23FN4O5/c1-31-21(29)18-16(24-22(30)25-19(18)14-4-6-15(23)7-5-14)13-26-8-10-27(11-9-26)20(28)17-3-2-12-32-17/h2-7,12,19H,8-11,13H2,1H3,(H2,24,25,30). The normalized spacial score (nSPS) is 19.4. The predicted octanol–water partition coefficient (Wildman–Crippen LogP) is 1.66. The largest absolute Gasteiger partial charge is 0.466 e. The summed E-state index contributed by atoms with van der Waals surface area (Å²) in [6.07, 6.45) is 1.46. The number of rotatable bonds is 5. The zero-order chi connectivity index (χ0) is 22.7. The molecule has 168 valence electrons. The van der Waals surface area contributed by atoms with Gasteiger partial charge in [-0.1, -0.05) is 12.1 Å². The molecule has 1 aromatic heterocycles. The zero-order valence-corrected chi connectivity index (χ0v) is 17.5. The van der Waals surface area contributed by atoms with E-state index in [9.17, 15) is 18.8 Å². The fraction of sp³-hybridized carbons (Fsp3) is 0.318. The Morgan fingerprint density at radius 1 is 1.16 bits per heavy atom. The van der Waals surface area contributed by atoms with Gasteiger partial charge in [0.05, 0.1) is 25.0 Å². The Hall–Kier alpha value is -3.66. The molecule has 0 aliphatic carbocycles. The molecule has 0 bridgehead atoms.